The lowest BCUT2D eigenvalue weighted by Gasteiger charge is -2.42. The minimum absolute atomic E-state index is 0.0628. The zero-order valence-electron chi connectivity index (χ0n) is 76.4. The minimum Gasteiger partial charge on any atom is -0.392 e. The largest absolute Gasteiger partial charge is 0.416 e. The third kappa shape index (κ3) is 24.2. The number of halogens is 13. The zero-order valence-corrected chi connectivity index (χ0v) is 79.4. The molecule has 3 aliphatic heterocycles. The van der Waals surface area contributed by atoms with Crippen molar-refractivity contribution in [1.82, 2.24) is 0 Å². The van der Waals surface area contributed by atoms with Gasteiger partial charge in [-0.1, -0.05) is 219 Å². The number of nitrogens with one attached hydrogen (secondary N) is 6. The molecule has 12 aromatic carbocycles. The lowest BCUT2D eigenvalue weighted by molar-refractivity contribution is -0.139. The molecule has 6 aliphatic rings. The van der Waals surface area contributed by atoms with E-state index in [0.717, 1.165) is 109 Å². The molecule has 0 radical (unpaired) electrons. The number of aliphatic hydroxyl groups excluding tert-OH is 3. The summed E-state index contributed by atoms with van der Waals surface area (Å²) < 4.78 is 134. The van der Waals surface area contributed by atoms with E-state index in [-0.39, 0.29) is 96.9 Å². The maximum Gasteiger partial charge on any atom is 0.416 e. The predicted octanol–water partition coefficient (Wildman–Crippen LogP) is 26.4. The summed E-state index contributed by atoms with van der Waals surface area (Å²) in [6.07, 6.45) is 1.58. The number of hydrogen-bond donors (Lipinski definition) is 9. The molecule has 0 aromatic heterocycles. The molecular formula is C109H102Cl3F10N9O9S. The van der Waals surface area contributed by atoms with Crippen LogP contribution in [0.1, 0.15) is 193 Å². The standard InChI is InChI=1S/3C36H33ClF3N3O3.CH3FS/c3*37-31-11-5-4-10-28(31)35(46)43-32-12-6-1-7-23(32)19-29(33(43)22-13-16-26(17-14-22)41-25-8-2-3-9-25)34(45)42-27-18-15-24(21-44)30(20-27)36(38,39)40;1-3-2/h3*1,4-7,10-18,20,25,29,33,41,44H,2-3,8-9,19,21H2,(H,42,45);1H3/t3*29-,33-;/m100./s1. The van der Waals surface area contributed by atoms with Gasteiger partial charge in [0.25, 0.3) is 17.7 Å². The molecule has 6 amide bonds. The summed E-state index contributed by atoms with van der Waals surface area (Å²) in [7, 11) is 0. The van der Waals surface area contributed by atoms with Crippen molar-refractivity contribution in [2.24, 2.45) is 17.8 Å². The Balaban J connectivity index is 0.000000157. The van der Waals surface area contributed by atoms with Crippen LogP contribution in [0.2, 0.25) is 15.1 Å². The van der Waals surface area contributed by atoms with Gasteiger partial charge in [0.05, 0.1) is 104 Å². The molecule has 0 bridgehead atoms. The molecule has 18 nitrogen and oxygen atoms in total. The van der Waals surface area contributed by atoms with Crippen LogP contribution < -0.4 is 46.6 Å². The van der Waals surface area contributed by atoms with Crippen molar-refractivity contribution >= 4 is 134 Å². The Labute approximate surface area is 828 Å². The van der Waals surface area contributed by atoms with E-state index in [1.54, 1.807) is 87.5 Å². The zero-order chi connectivity index (χ0) is 100.0. The number of rotatable bonds is 21. The first-order valence-corrected chi connectivity index (χ1v) is 48.7. The fourth-order valence-electron chi connectivity index (χ4n) is 19.8. The topological polar surface area (TPSA) is 245 Å². The second-order valence-corrected chi connectivity index (χ2v) is 37.1. The number of alkyl halides is 9. The van der Waals surface area contributed by atoms with Crippen molar-refractivity contribution in [2.75, 3.05) is 52.9 Å². The number of aliphatic hydroxyl groups is 3. The first-order chi connectivity index (χ1) is 67.8. The van der Waals surface area contributed by atoms with Crippen LogP contribution in [0.15, 0.2) is 273 Å². The number of carbonyl (C=O) groups is 6. The highest BCUT2D eigenvalue weighted by Crippen LogP contribution is 2.50. The summed E-state index contributed by atoms with van der Waals surface area (Å²) in [5, 5.41) is 47.9. The number of fused-ring (bicyclic) bond motifs is 3. The van der Waals surface area contributed by atoms with E-state index in [2.05, 4.69) is 31.9 Å². The van der Waals surface area contributed by atoms with E-state index < -0.39 is 126 Å². The molecule has 6 atom stereocenters. The van der Waals surface area contributed by atoms with E-state index in [4.69, 9.17) is 34.8 Å². The summed E-state index contributed by atoms with van der Waals surface area (Å²) in [6.45, 7) is -2.39. The fourth-order valence-corrected chi connectivity index (χ4v) is 20.4. The highest BCUT2D eigenvalue weighted by atomic mass is 35.5. The highest BCUT2D eigenvalue weighted by molar-refractivity contribution is 7.93. The molecule has 0 spiro atoms. The predicted molar refractivity (Wildman–Crippen MR) is 533 cm³/mol. The van der Waals surface area contributed by atoms with Gasteiger partial charge in [-0.3, -0.25) is 43.5 Å². The number of para-hydroxylation sites is 3. The fraction of sp³-hybridized carbons (Fsp3) is 0.284. The van der Waals surface area contributed by atoms with E-state index in [1.165, 1.54) is 63.0 Å². The molecule has 3 fully saturated rings. The van der Waals surface area contributed by atoms with Gasteiger partial charge >= 0.3 is 18.5 Å². The average Bonchev–Trinajstić information content (AvgIpc) is 0.817. The highest BCUT2D eigenvalue weighted by Gasteiger charge is 2.48. The Hall–Kier alpha value is -12.7. The first-order valence-electron chi connectivity index (χ1n) is 46.4. The summed E-state index contributed by atoms with van der Waals surface area (Å²) in [5.41, 5.74) is 5.61. The van der Waals surface area contributed by atoms with Gasteiger partial charge in [0.15, 0.2) is 0 Å². The van der Waals surface area contributed by atoms with E-state index in [1.807, 2.05) is 146 Å². The smallest absolute Gasteiger partial charge is 0.392 e. The lowest BCUT2D eigenvalue weighted by atomic mass is 9.80. The molecule has 734 valence electrons. The van der Waals surface area contributed by atoms with Crippen LogP contribution in [-0.2, 0) is 72.0 Å². The van der Waals surface area contributed by atoms with Crippen LogP contribution in [0.25, 0.3) is 0 Å². The first kappa shape index (κ1) is 103. The Morgan fingerprint density at radius 1 is 0.326 bits per heavy atom. The number of hydrogen-bond acceptors (Lipinski definition) is 13. The summed E-state index contributed by atoms with van der Waals surface area (Å²) in [6, 6.07) is 73.6. The quantitative estimate of drug-likeness (QED) is 0.0304. The molecule has 18 rings (SSSR count). The number of carbonyl (C=O) groups excluding carboxylic acids is 6. The number of benzene rings is 12. The van der Waals surface area contributed by atoms with Gasteiger partial charge in [-0.05, 0) is 235 Å². The third-order valence-corrected chi connectivity index (χ3v) is 27.5. The van der Waals surface area contributed by atoms with Crippen molar-refractivity contribution in [3.63, 3.8) is 0 Å². The normalized spacial score (nSPS) is 18.0. The van der Waals surface area contributed by atoms with Crippen LogP contribution in [0.4, 0.5) is 94.6 Å². The molecule has 141 heavy (non-hydrogen) atoms. The lowest BCUT2D eigenvalue weighted by Crippen LogP contribution is -2.47. The molecule has 9 N–H and O–H groups in total. The molecule has 0 saturated heterocycles. The average molecular weight is 2010 g/mol. The summed E-state index contributed by atoms with van der Waals surface area (Å²) in [5.74, 6) is -5.47. The van der Waals surface area contributed by atoms with Crippen molar-refractivity contribution in [2.45, 2.75) is 171 Å². The monoisotopic (exact) mass is 2010 g/mol. The maximum absolute atomic E-state index is 14.4. The van der Waals surface area contributed by atoms with Gasteiger partial charge in [-0.2, -0.15) is 43.4 Å². The van der Waals surface area contributed by atoms with Gasteiger partial charge in [0, 0.05) is 87.7 Å². The van der Waals surface area contributed by atoms with Gasteiger partial charge < -0.3 is 47.2 Å². The Morgan fingerprint density at radius 3 is 0.773 bits per heavy atom. The van der Waals surface area contributed by atoms with Crippen LogP contribution in [0.3, 0.4) is 0 Å². The third-order valence-electron chi connectivity index (χ3n) is 26.5. The number of anilines is 9. The van der Waals surface area contributed by atoms with Gasteiger partial charge in [0.2, 0.25) is 17.7 Å². The van der Waals surface area contributed by atoms with E-state index in [0.29, 0.717) is 51.9 Å². The van der Waals surface area contributed by atoms with Crippen molar-refractivity contribution in [1.29, 1.82) is 0 Å². The van der Waals surface area contributed by atoms with Crippen LogP contribution in [0, 0.1) is 17.8 Å². The molecule has 3 saturated carbocycles. The second-order valence-electron chi connectivity index (χ2n) is 35.6. The molecule has 3 heterocycles. The van der Waals surface area contributed by atoms with Crippen LogP contribution in [0.5, 0.6) is 0 Å². The molecule has 12 aromatic rings. The van der Waals surface area contributed by atoms with E-state index in [9.17, 15) is 87.5 Å². The molecule has 3 aliphatic carbocycles. The summed E-state index contributed by atoms with van der Waals surface area (Å²) >= 11 is 19.7. The van der Waals surface area contributed by atoms with Crippen molar-refractivity contribution < 1.29 is 87.5 Å². The summed E-state index contributed by atoms with van der Waals surface area (Å²) in [4.78, 5) is 90.2. The van der Waals surface area contributed by atoms with Gasteiger partial charge in [-0.25, -0.2) is 0 Å². The van der Waals surface area contributed by atoms with E-state index >= 15 is 0 Å². The van der Waals surface area contributed by atoms with Crippen LogP contribution >= 0.6 is 47.0 Å². The number of amides is 6. The Kier molecular flexibility index (Phi) is 33.4. The number of nitrogens with zero attached hydrogens (tertiary/aromatic N) is 3. The Bertz CT molecular complexity index is 5860. The maximum atomic E-state index is 14.4. The Morgan fingerprint density at radius 2 is 0.546 bits per heavy atom. The molecular weight excluding hydrogens is 1910 g/mol. The van der Waals surface area contributed by atoms with Crippen LogP contribution in [-0.4, -0.2) is 75.1 Å². The van der Waals surface area contributed by atoms with Crippen molar-refractivity contribution in [3.05, 3.63) is 372 Å². The van der Waals surface area contributed by atoms with Gasteiger partial charge in [-0.15, -0.1) is 0 Å². The molecule has 0 unspecified atom stereocenters. The van der Waals surface area contributed by atoms with Gasteiger partial charge in [0.1, 0.15) is 0 Å². The SMILES string of the molecule is CSF.O=C(Nc1ccc(CO)c(C(F)(F)F)c1)[C@@H]1Cc2ccccc2N(C(=O)c2ccccc2Cl)[C@@H]1c1ccc(NC2CCCC2)cc1.O=C(Nc1ccc(CO)c(C(F)(F)F)c1)[C@H]1Cc2ccccc2N(C(=O)c2ccccc2Cl)[C@H]1c1ccc(NC2CCCC2)cc1.O=C(Nc1ccc(CO)c(C(F)(F)F)c1)[C@H]1Cc2ccccc2N(C(=O)c2ccccc2Cl)[C@H]1c1ccc(NC2CCCC2)cc1. The molecule has 32 heteroatoms. The van der Waals surface area contributed by atoms with Crippen molar-refractivity contribution in [3.8, 4) is 0 Å². The minimum atomic E-state index is -4.72. The second kappa shape index (κ2) is 45.9.